The van der Waals surface area contributed by atoms with Gasteiger partial charge in [-0.05, 0) is 40.5 Å². The zero-order chi connectivity index (χ0) is 13.1. The maximum Gasteiger partial charge on any atom is 0.252 e. The van der Waals surface area contributed by atoms with Crippen LogP contribution in [-0.2, 0) is 4.79 Å². The Morgan fingerprint density at radius 2 is 2.33 bits per heavy atom. The van der Waals surface area contributed by atoms with E-state index in [-0.39, 0.29) is 23.4 Å². The molecule has 2 amide bonds. The van der Waals surface area contributed by atoms with Gasteiger partial charge < -0.3 is 10.6 Å². The van der Waals surface area contributed by atoms with E-state index in [1.54, 1.807) is 0 Å². The molecule has 0 saturated carbocycles. The highest BCUT2D eigenvalue weighted by Crippen LogP contribution is 2.17. The Kier molecular flexibility index (Phi) is 3.96. The third-order valence-electron chi connectivity index (χ3n) is 2.77. The van der Waals surface area contributed by atoms with E-state index in [1.807, 2.05) is 0 Å². The van der Waals surface area contributed by atoms with Crippen LogP contribution in [0.5, 0.6) is 0 Å². The molecule has 0 aliphatic carbocycles. The third kappa shape index (κ3) is 3.07. The van der Waals surface area contributed by atoms with Gasteiger partial charge in [-0.3, -0.25) is 9.59 Å². The van der Waals surface area contributed by atoms with Gasteiger partial charge in [0.1, 0.15) is 5.82 Å². The summed E-state index contributed by atoms with van der Waals surface area (Å²) in [5.41, 5.74) is 0.249. The minimum absolute atomic E-state index is 0.00110. The fourth-order valence-corrected chi connectivity index (χ4v) is 2.24. The molecule has 18 heavy (non-hydrogen) atoms. The highest BCUT2D eigenvalue weighted by atomic mass is 79.9. The zero-order valence-electron chi connectivity index (χ0n) is 9.50. The molecule has 1 saturated heterocycles. The first kappa shape index (κ1) is 13.0. The molecule has 1 aromatic carbocycles. The van der Waals surface area contributed by atoms with Gasteiger partial charge in [0.15, 0.2) is 0 Å². The predicted octanol–water partition coefficient (Wildman–Crippen LogP) is 1.60. The molecular weight excluding hydrogens is 303 g/mol. The zero-order valence-corrected chi connectivity index (χ0v) is 11.1. The number of carbonyl (C=O) groups excluding carboxylic acids is 2. The van der Waals surface area contributed by atoms with E-state index < -0.39 is 5.82 Å². The van der Waals surface area contributed by atoms with Gasteiger partial charge in [0, 0.05) is 23.5 Å². The van der Waals surface area contributed by atoms with Crippen molar-refractivity contribution in [3.63, 3.8) is 0 Å². The number of hydrogen-bond donors (Lipinski definition) is 2. The van der Waals surface area contributed by atoms with Gasteiger partial charge in [0.05, 0.1) is 5.56 Å². The lowest BCUT2D eigenvalue weighted by molar-refractivity contribution is -0.119. The maximum absolute atomic E-state index is 13.0. The van der Waals surface area contributed by atoms with Crippen molar-refractivity contribution in [2.45, 2.75) is 18.9 Å². The minimum atomic E-state index is -0.461. The van der Waals surface area contributed by atoms with Crippen molar-refractivity contribution in [2.75, 3.05) is 6.54 Å². The van der Waals surface area contributed by atoms with Crippen LogP contribution in [0.3, 0.4) is 0 Å². The molecule has 0 aromatic heterocycles. The Bertz CT molecular complexity index is 493. The second-order valence-electron chi connectivity index (χ2n) is 4.14. The van der Waals surface area contributed by atoms with Crippen molar-refractivity contribution in [2.24, 2.45) is 0 Å². The number of amides is 2. The molecule has 1 heterocycles. The molecule has 0 bridgehead atoms. The molecule has 2 rings (SSSR count). The summed E-state index contributed by atoms with van der Waals surface area (Å²) in [6.45, 7) is 0.355. The van der Waals surface area contributed by atoms with E-state index in [1.165, 1.54) is 18.2 Å². The third-order valence-corrected chi connectivity index (χ3v) is 3.46. The van der Waals surface area contributed by atoms with Gasteiger partial charge >= 0.3 is 0 Å². The van der Waals surface area contributed by atoms with E-state index in [0.717, 1.165) is 0 Å². The van der Waals surface area contributed by atoms with Crippen molar-refractivity contribution >= 4 is 27.7 Å². The number of rotatable bonds is 3. The topological polar surface area (TPSA) is 58.2 Å². The first-order valence-corrected chi connectivity index (χ1v) is 6.38. The van der Waals surface area contributed by atoms with Crippen molar-refractivity contribution in [1.82, 2.24) is 10.6 Å². The second kappa shape index (κ2) is 5.48. The number of hydrogen-bond acceptors (Lipinski definition) is 2. The second-order valence-corrected chi connectivity index (χ2v) is 4.99. The summed E-state index contributed by atoms with van der Waals surface area (Å²) in [5.74, 6) is -0.818. The summed E-state index contributed by atoms with van der Waals surface area (Å²) in [7, 11) is 0. The highest BCUT2D eigenvalue weighted by Gasteiger charge is 2.21. The van der Waals surface area contributed by atoms with E-state index >= 15 is 0 Å². The van der Waals surface area contributed by atoms with Crippen molar-refractivity contribution < 1.29 is 14.0 Å². The van der Waals surface area contributed by atoms with Crippen molar-refractivity contribution in [3.05, 3.63) is 34.1 Å². The fourth-order valence-electron chi connectivity index (χ4n) is 1.81. The molecule has 1 aliphatic heterocycles. The Labute approximate surface area is 112 Å². The molecule has 0 radical (unpaired) electrons. The normalized spacial score (nSPS) is 18.6. The molecule has 1 atom stereocenters. The molecule has 1 fully saturated rings. The molecule has 4 nitrogen and oxygen atoms in total. The van der Waals surface area contributed by atoms with Crippen molar-refractivity contribution in [1.29, 1.82) is 0 Å². The fraction of sp³-hybridized carbons (Fsp3) is 0.333. The Balaban J connectivity index is 1.95. The molecule has 1 unspecified atom stereocenters. The lowest BCUT2D eigenvalue weighted by Crippen LogP contribution is -2.38. The summed E-state index contributed by atoms with van der Waals surface area (Å²) in [6, 6.07) is 3.90. The molecule has 2 N–H and O–H groups in total. The summed E-state index contributed by atoms with van der Waals surface area (Å²) < 4.78 is 13.6. The number of halogens is 2. The smallest absolute Gasteiger partial charge is 0.252 e. The molecule has 96 valence electrons. The molecule has 0 spiro atoms. The minimum Gasteiger partial charge on any atom is -0.352 e. The summed E-state index contributed by atoms with van der Waals surface area (Å²) >= 11 is 3.20. The van der Waals surface area contributed by atoms with Gasteiger partial charge in [0.25, 0.3) is 5.91 Å². The van der Waals surface area contributed by atoms with E-state index in [9.17, 15) is 14.0 Å². The quantitative estimate of drug-likeness (QED) is 0.890. The lowest BCUT2D eigenvalue weighted by Gasteiger charge is -2.12. The van der Waals surface area contributed by atoms with Crippen LogP contribution in [0.2, 0.25) is 0 Å². The molecule has 1 aromatic rings. The average molecular weight is 315 g/mol. The Morgan fingerprint density at radius 3 is 3.00 bits per heavy atom. The van der Waals surface area contributed by atoms with Gasteiger partial charge in [-0.15, -0.1) is 0 Å². The van der Waals surface area contributed by atoms with Crippen LogP contribution in [-0.4, -0.2) is 24.4 Å². The van der Waals surface area contributed by atoms with Crippen LogP contribution >= 0.6 is 15.9 Å². The van der Waals surface area contributed by atoms with Crippen LogP contribution in [0.4, 0.5) is 4.39 Å². The van der Waals surface area contributed by atoms with Crippen LogP contribution in [0.15, 0.2) is 22.7 Å². The largest absolute Gasteiger partial charge is 0.352 e. The van der Waals surface area contributed by atoms with Crippen LogP contribution in [0.25, 0.3) is 0 Å². The standard InChI is InChI=1S/C12H12BrFN2O2/c13-10-3-1-7(14)5-9(10)12(18)15-6-8-2-4-11(17)16-8/h1,3,5,8H,2,4,6H2,(H,15,18)(H,16,17). The number of carbonyl (C=O) groups is 2. The predicted molar refractivity (Wildman–Crippen MR) is 67.6 cm³/mol. The summed E-state index contributed by atoms with van der Waals surface area (Å²) in [6.07, 6.45) is 1.20. The average Bonchev–Trinajstić information content (AvgIpc) is 2.75. The van der Waals surface area contributed by atoms with Gasteiger partial charge in [-0.25, -0.2) is 4.39 Å². The van der Waals surface area contributed by atoms with Gasteiger partial charge in [-0.2, -0.15) is 0 Å². The first-order chi connectivity index (χ1) is 8.56. The van der Waals surface area contributed by atoms with Crippen LogP contribution < -0.4 is 10.6 Å². The molecule has 6 heteroatoms. The summed E-state index contributed by atoms with van der Waals surface area (Å²) in [5, 5.41) is 5.43. The van der Waals surface area contributed by atoms with Crippen molar-refractivity contribution in [3.8, 4) is 0 Å². The monoisotopic (exact) mass is 314 g/mol. The number of benzene rings is 1. The van der Waals surface area contributed by atoms with Crippen LogP contribution in [0, 0.1) is 5.82 Å². The molecular formula is C12H12BrFN2O2. The SMILES string of the molecule is O=C1CCC(CNC(=O)c2cc(F)ccc2Br)N1. The lowest BCUT2D eigenvalue weighted by atomic mass is 10.2. The van der Waals surface area contributed by atoms with E-state index in [4.69, 9.17) is 0 Å². The van der Waals surface area contributed by atoms with E-state index in [2.05, 4.69) is 26.6 Å². The van der Waals surface area contributed by atoms with Gasteiger partial charge in [-0.1, -0.05) is 0 Å². The Hall–Kier alpha value is -1.43. The van der Waals surface area contributed by atoms with Gasteiger partial charge in [0.2, 0.25) is 5.91 Å². The number of nitrogens with one attached hydrogen (secondary N) is 2. The first-order valence-electron chi connectivity index (χ1n) is 5.59. The molecule has 1 aliphatic rings. The van der Waals surface area contributed by atoms with E-state index in [0.29, 0.717) is 23.9 Å². The maximum atomic E-state index is 13.0. The summed E-state index contributed by atoms with van der Waals surface area (Å²) in [4.78, 5) is 22.8. The highest BCUT2D eigenvalue weighted by molar-refractivity contribution is 9.10. The Morgan fingerprint density at radius 1 is 1.56 bits per heavy atom. The van der Waals surface area contributed by atoms with Crippen LogP contribution in [0.1, 0.15) is 23.2 Å².